The molecule has 1 saturated heterocycles. The van der Waals surface area contributed by atoms with Crippen LogP contribution in [0.1, 0.15) is 54.2 Å². The highest BCUT2D eigenvalue weighted by atomic mass is 19.1. The van der Waals surface area contributed by atoms with E-state index < -0.39 is 11.7 Å². The van der Waals surface area contributed by atoms with Crippen LogP contribution in [-0.2, 0) is 4.79 Å². The second kappa shape index (κ2) is 7.67. The Morgan fingerprint density at radius 2 is 2.00 bits per heavy atom. The molecule has 158 valence electrons. The molecule has 2 fully saturated rings. The van der Waals surface area contributed by atoms with E-state index in [1.54, 1.807) is 6.92 Å². The van der Waals surface area contributed by atoms with Crippen LogP contribution >= 0.6 is 0 Å². The quantitative estimate of drug-likeness (QED) is 0.760. The number of nitrogens with two attached hydrogens (primary N) is 1. The zero-order chi connectivity index (χ0) is 21.6. The van der Waals surface area contributed by atoms with Crippen LogP contribution in [0.2, 0.25) is 0 Å². The second-order valence-electron chi connectivity index (χ2n) is 8.30. The number of benzene rings is 1. The lowest BCUT2D eigenvalue weighted by atomic mass is 9.99. The molecule has 3 N–H and O–H groups in total. The first kappa shape index (κ1) is 20.3. The third-order valence-corrected chi connectivity index (χ3v) is 6.28. The molecule has 1 aromatic carbocycles. The molecule has 1 atom stereocenters. The number of rotatable bonds is 4. The minimum absolute atomic E-state index is 0.00906. The van der Waals surface area contributed by atoms with Crippen LogP contribution in [0, 0.1) is 31.5 Å². The number of hydrogen-bond acceptors (Lipinski definition) is 3. The molecule has 1 saturated carbocycles. The molecule has 1 unspecified atom stereocenters. The van der Waals surface area contributed by atoms with Gasteiger partial charge in [0.05, 0.1) is 22.8 Å². The smallest absolute Gasteiger partial charge is 0.299 e. The number of amides is 2. The maximum Gasteiger partial charge on any atom is 0.299 e. The topological polar surface area (TPSA) is 82.4 Å². The number of hydrogen-bond donors (Lipinski definition) is 2. The summed E-state index contributed by atoms with van der Waals surface area (Å²) < 4.78 is 15.3. The summed E-state index contributed by atoms with van der Waals surface area (Å²) in [5, 5.41) is 0.694. The second-order valence-corrected chi connectivity index (χ2v) is 8.30. The number of aryl methyl sites for hydroxylation is 2. The van der Waals surface area contributed by atoms with Crippen LogP contribution in [-0.4, -0.2) is 46.9 Å². The molecule has 2 aliphatic rings. The lowest BCUT2D eigenvalue weighted by Gasteiger charge is -2.40. The van der Waals surface area contributed by atoms with Gasteiger partial charge in [0.25, 0.3) is 11.8 Å². The zero-order valence-corrected chi connectivity index (χ0v) is 17.6. The van der Waals surface area contributed by atoms with Crippen LogP contribution in [0.15, 0.2) is 6.07 Å². The highest BCUT2D eigenvalue weighted by molar-refractivity contribution is 6.10. The number of aromatic nitrogens is 1. The van der Waals surface area contributed by atoms with E-state index in [0.717, 1.165) is 36.9 Å². The maximum atomic E-state index is 15.3. The number of carbonyl (C=O) groups is 2. The van der Waals surface area contributed by atoms with Gasteiger partial charge in [-0.2, -0.15) is 0 Å². The van der Waals surface area contributed by atoms with Crippen LogP contribution in [0.4, 0.5) is 10.1 Å². The first-order valence-electron chi connectivity index (χ1n) is 10.4. The number of primary amides is 1. The number of H-pyrrole nitrogens is 1. The average molecular weight is 410 g/mol. The van der Waals surface area contributed by atoms with Crippen molar-refractivity contribution >= 4 is 28.4 Å². The Labute approximate surface area is 175 Å². The first-order valence-corrected chi connectivity index (χ1v) is 10.4. The molecule has 2 heterocycles. The fourth-order valence-electron chi connectivity index (χ4n) is 4.65. The van der Waals surface area contributed by atoms with Gasteiger partial charge in [0.15, 0.2) is 0 Å². The summed E-state index contributed by atoms with van der Waals surface area (Å²) in [6.07, 6.45) is 3.71. The van der Waals surface area contributed by atoms with Crippen molar-refractivity contribution in [2.45, 2.75) is 58.5 Å². The van der Waals surface area contributed by atoms with E-state index in [2.05, 4.69) is 16.8 Å². The van der Waals surface area contributed by atoms with Gasteiger partial charge >= 0.3 is 0 Å². The maximum absolute atomic E-state index is 15.3. The summed E-state index contributed by atoms with van der Waals surface area (Å²) in [5.41, 5.74) is 8.49. The Morgan fingerprint density at radius 3 is 2.63 bits per heavy atom. The molecule has 4 rings (SSSR count). The monoisotopic (exact) mass is 410 g/mol. The molecular weight excluding hydrogens is 383 g/mol. The Hall–Kier alpha value is -3.01. The Balaban J connectivity index is 1.76. The molecule has 7 heteroatoms. The van der Waals surface area contributed by atoms with E-state index in [9.17, 15) is 9.59 Å². The molecule has 0 radical (unpaired) electrons. The summed E-state index contributed by atoms with van der Waals surface area (Å²) in [7, 11) is 0. The molecule has 0 spiro atoms. The number of nitrogens with one attached hydrogen (secondary N) is 1. The fraction of sp³-hybridized carbons (Fsp3) is 0.478. The summed E-state index contributed by atoms with van der Waals surface area (Å²) in [6.45, 7) is 6.71. The van der Waals surface area contributed by atoms with Crippen molar-refractivity contribution in [2.75, 3.05) is 18.0 Å². The number of piperidine rings is 1. The highest BCUT2D eigenvalue weighted by Gasteiger charge is 2.39. The van der Waals surface area contributed by atoms with Crippen molar-refractivity contribution in [1.29, 1.82) is 0 Å². The van der Waals surface area contributed by atoms with Crippen LogP contribution < -0.4 is 10.6 Å². The number of carbonyl (C=O) groups excluding carboxylic acids is 2. The summed E-state index contributed by atoms with van der Waals surface area (Å²) in [6, 6.07) is 1.46. The van der Waals surface area contributed by atoms with Crippen LogP contribution in [0.3, 0.4) is 0 Å². The van der Waals surface area contributed by atoms with Gasteiger partial charge in [0.1, 0.15) is 5.82 Å². The Kier molecular flexibility index (Phi) is 5.19. The minimum atomic E-state index is -0.660. The Bertz CT molecular complexity index is 1090. The molecule has 1 aliphatic carbocycles. The van der Waals surface area contributed by atoms with Gasteiger partial charge in [0, 0.05) is 30.2 Å². The van der Waals surface area contributed by atoms with E-state index in [0.29, 0.717) is 29.7 Å². The molecule has 1 aliphatic heterocycles. The number of halogens is 1. The largest absolute Gasteiger partial charge is 0.367 e. The lowest BCUT2D eigenvalue weighted by Crippen LogP contribution is -2.51. The molecule has 2 amide bonds. The van der Waals surface area contributed by atoms with E-state index in [1.807, 2.05) is 23.6 Å². The standard InChI is InChI=1S/C23H27FN4O2/c1-4-6-19(29)28(15-8-9-15)16-7-5-10-27(12-16)22-18(24)11-17(23(25)30)21-20(22)13(2)14(3)26-21/h11,15-16,26H,5,7-10,12H2,1-3H3,(H2,25,30). The van der Waals surface area contributed by atoms with Crippen molar-refractivity contribution in [2.24, 2.45) is 5.73 Å². The number of fused-ring (bicyclic) bond motifs is 1. The van der Waals surface area contributed by atoms with Crippen molar-refractivity contribution in [1.82, 2.24) is 9.88 Å². The minimum Gasteiger partial charge on any atom is -0.367 e. The molecule has 6 nitrogen and oxygen atoms in total. The van der Waals surface area contributed by atoms with Crippen LogP contribution in [0.25, 0.3) is 10.9 Å². The van der Waals surface area contributed by atoms with Gasteiger partial charge in [-0.25, -0.2) is 4.39 Å². The summed E-state index contributed by atoms with van der Waals surface area (Å²) in [4.78, 5) is 31.7. The lowest BCUT2D eigenvalue weighted by molar-refractivity contribution is -0.128. The number of nitrogens with zero attached hydrogens (tertiary/aromatic N) is 2. The molecule has 1 aromatic heterocycles. The van der Waals surface area contributed by atoms with E-state index in [1.165, 1.54) is 6.07 Å². The summed E-state index contributed by atoms with van der Waals surface area (Å²) in [5.74, 6) is 4.13. The number of aromatic amines is 1. The molecule has 0 bridgehead atoms. The van der Waals surface area contributed by atoms with Gasteiger partial charge in [0.2, 0.25) is 0 Å². The average Bonchev–Trinajstić information content (AvgIpc) is 3.48. The van der Waals surface area contributed by atoms with Gasteiger partial charge in [-0.05, 0) is 64.0 Å². The predicted octanol–water partition coefficient (Wildman–Crippen LogP) is 3.01. The van der Waals surface area contributed by atoms with Crippen molar-refractivity contribution in [3.8, 4) is 11.8 Å². The fourth-order valence-corrected chi connectivity index (χ4v) is 4.65. The summed E-state index contributed by atoms with van der Waals surface area (Å²) >= 11 is 0. The van der Waals surface area contributed by atoms with E-state index in [-0.39, 0.29) is 23.6 Å². The van der Waals surface area contributed by atoms with Gasteiger partial charge in [-0.3, -0.25) is 9.59 Å². The third kappa shape index (κ3) is 3.41. The van der Waals surface area contributed by atoms with Crippen LogP contribution in [0.5, 0.6) is 0 Å². The first-order chi connectivity index (χ1) is 14.3. The molecular formula is C23H27FN4O2. The third-order valence-electron chi connectivity index (χ3n) is 6.28. The predicted molar refractivity (Wildman–Crippen MR) is 115 cm³/mol. The Morgan fingerprint density at radius 1 is 1.27 bits per heavy atom. The number of anilines is 1. The SMILES string of the molecule is CC#CC(=O)N(C1CC1)C1CCCN(c2c(F)cc(C(N)=O)c3[nH]c(C)c(C)c23)C1. The van der Waals surface area contributed by atoms with Crippen molar-refractivity contribution in [3.05, 3.63) is 28.7 Å². The normalized spacial score (nSPS) is 18.8. The zero-order valence-electron chi connectivity index (χ0n) is 17.6. The van der Waals surface area contributed by atoms with Gasteiger partial charge in [-0.1, -0.05) is 5.92 Å². The van der Waals surface area contributed by atoms with Crippen molar-refractivity contribution in [3.63, 3.8) is 0 Å². The van der Waals surface area contributed by atoms with E-state index in [4.69, 9.17) is 5.73 Å². The highest BCUT2D eigenvalue weighted by Crippen LogP contribution is 2.39. The molecule has 2 aromatic rings. The van der Waals surface area contributed by atoms with Gasteiger partial charge in [-0.15, -0.1) is 0 Å². The van der Waals surface area contributed by atoms with Gasteiger partial charge < -0.3 is 20.5 Å². The van der Waals surface area contributed by atoms with E-state index >= 15 is 4.39 Å². The molecule has 30 heavy (non-hydrogen) atoms. The van der Waals surface area contributed by atoms with Crippen molar-refractivity contribution < 1.29 is 14.0 Å².